The first-order valence-electron chi connectivity index (χ1n) is 10.8. The Morgan fingerprint density at radius 1 is 1.30 bits per heavy atom. The minimum Gasteiger partial charge on any atom is -0.872 e. The third-order valence-corrected chi connectivity index (χ3v) is 6.30. The number of likely N-dealkylation sites (tertiary alicyclic amines) is 1. The molecule has 4 rings (SSSR count). The smallest absolute Gasteiger partial charge is 0.354 e. The van der Waals surface area contributed by atoms with Crippen molar-refractivity contribution in [2.75, 3.05) is 46.5 Å². The first kappa shape index (κ1) is 22.8. The highest BCUT2D eigenvalue weighted by atomic mass is 16.5. The fourth-order valence-corrected chi connectivity index (χ4v) is 4.56. The van der Waals surface area contributed by atoms with Crippen molar-refractivity contribution >= 4 is 23.4 Å². The lowest BCUT2D eigenvalue weighted by atomic mass is 9.97. The summed E-state index contributed by atoms with van der Waals surface area (Å²) in [6, 6.07) is 2.37. The molecule has 0 aliphatic carbocycles. The van der Waals surface area contributed by atoms with E-state index in [1.165, 1.54) is 23.2 Å². The van der Waals surface area contributed by atoms with Gasteiger partial charge in [0.1, 0.15) is 30.6 Å². The summed E-state index contributed by atoms with van der Waals surface area (Å²) < 4.78 is 15.7. The van der Waals surface area contributed by atoms with E-state index in [1.54, 1.807) is 26.0 Å². The molecule has 176 valence electrons. The summed E-state index contributed by atoms with van der Waals surface area (Å²) in [5, 5.41) is 13.7. The van der Waals surface area contributed by atoms with Crippen LogP contribution in [0.3, 0.4) is 0 Å². The quantitative estimate of drug-likeness (QED) is 0.250. The first-order chi connectivity index (χ1) is 15.8. The van der Waals surface area contributed by atoms with Gasteiger partial charge in [-0.3, -0.25) is 9.59 Å². The topological polar surface area (TPSA) is 129 Å². The van der Waals surface area contributed by atoms with E-state index >= 15 is 0 Å². The van der Waals surface area contributed by atoms with Crippen molar-refractivity contribution in [2.45, 2.75) is 19.9 Å². The maximum absolute atomic E-state index is 13.7. The summed E-state index contributed by atoms with van der Waals surface area (Å²) >= 11 is 0. The monoisotopic (exact) mass is 457 g/mol. The Morgan fingerprint density at radius 3 is 2.67 bits per heavy atom. The van der Waals surface area contributed by atoms with E-state index in [2.05, 4.69) is 4.98 Å². The molecule has 2 aliphatic heterocycles. The standard InChI is InChI=1S/C23H27N3O7/c1-13-16(14(2)24-18(13)23(30)31-3)20(27)17-19(15-5-4-10-33-15)26(22(29)21(17)28)7-6-25-8-11-32-12-9-25/h4-5,10,19,24,27H,6-9,11-12H2,1-3H3. The van der Waals surface area contributed by atoms with Gasteiger partial charge in [-0.05, 0) is 37.1 Å². The molecule has 10 nitrogen and oxygen atoms in total. The van der Waals surface area contributed by atoms with Crippen LogP contribution in [0.5, 0.6) is 0 Å². The molecule has 0 aromatic carbocycles. The minimum atomic E-state index is -0.928. The van der Waals surface area contributed by atoms with Gasteiger partial charge < -0.3 is 33.8 Å². The number of esters is 1. The number of aromatic amines is 1. The lowest BCUT2D eigenvalue weighted by molar-refractivity contribution is -0.907. The van der Waals surface area contributed by atoms with Crippen LogP contribution in [0.4, 0.5) is 0 Å². The number of nitrogens with zero attached hydrogens (tertiary/aromatic N) is 1. The number of morpholine rings is 1. The van der Waals surface area contributed by atoms with Crippen LogP contribution in [-0.4, -0.2) is 74.0 Å². The number of amides is 1. The molecule has 1 atom stereocenters. The van der Waals surface area contributed by atoms with Gasteiger partial charge in [-0.25, -0.2) is 4.79 Å². The van der Waals surface area contributed by atoms with Gasteiger partial charge >= 0.3 is 5.97 Å². The van der Waals surface area contributed by atoms with Gasteiger partial charge in [-0.1, -0.05) is 5.76 Å². The van der Waals surface area contributed by atoms with Gasteiger partial charge in [0, 0.05) is 11.3 Å². The van der Waals surface area contributed by atoms with E-state index in [4.69, 9.17) is 13.9 Å². The van der Waals surface area contributed by atoms with E-state index in [1.807, 2.05) is 0 Å². The van der Waals surface area contributed by atoms with Crippen LogP contribution in [-0.2, 0) is 19.1 Å². The van der Waals surface area contributed by atoms with E-state index < -0.39 is 29.5 Å². The number of ether oxygens (including phenoxy) is 2. The summed E-state index contributed by atoms with van der Waals surface area (Å²) in [6.45, 7) is 7.07. The van der Waals surface area contributed by atoms with Crippen molar-refractivity contribution in [1.29, 1.82) is 0 Å². The fourth-order valence-electron chi connectivity index (χ4n) is 4.56. The van der Waals surface area contributed by atoms with Crippen molar-refractivity contribution in [3.05, 3.63) is 52.2 Å². The molecule has 33 heavy (non-hydrogen) atoms. The molecule has 0 bridgehead atoms. The molecular formula is C23H27N3O7. The number of H-pyrrole nitrogens is 1. The molecule has 1 unspecified atom stereocenters. The average Bonchev–Trinajstić information content (AvgIpc) is 3.51. The zero-order valence-electron chi connectivity index (χ0n) is 18.9. The Hall–Kier alpha value is -3.37. The molecule has 0 saturated carbocycles. The highest BCUT2D eigenvalue weighted by Gasteiger charge is 2.46. The lowest BCUT2D eigenvalue weighted by Gasteiger charge is -2.29. The molecule has 1 amide bonds. The zero-order valence-corrected chi connectivity index (χ0v) is 18.9. The number of furan rings is 1. The van der Waals surface area contributed by atoms with Crippen LogP contribution < -0.4 is 10.0 Å². The maximum Gasteiger partial charge on any atom is 0.354 e. The van der Waals surface area contributed by atoms with E-state index in [0.29, 0.717) is 43.3 Å². The molecular weight excluding hydrogens is 430 g/mol. The number of nitrogens with one attached hydrogen (secondary N) is 2. The number of carbonyl (C=O) groups excluding carboxylic acids is 3. The number of Topliss-reactive ketones (excluding diaryl/α,β-unsaturated/α-hetero) is 1. The molecule has 10 heteroatoms. The molecule has 0 spiro atoms. The number of aromatic nitrogens is 1. The highest BCUT2D eigenvalue weighted by molar-refractivity contribution is 6.46. The highest BCUT2D eigenvalue weighted by Crippen LogP contribution is 2.39. The Balaban J connectivity index is 1.75. The molecule has 2 aromatic heterocycles. The number of hydrogen-bond donors (Lipinski definition) is 2. The van der Waals surface area contributed by atoms with Crippen molar-refractivity contribution < 1.29 is 38.3 Å². The van der Waals surface area contributed by atoms with Gasteiger partial charge in [-0.2, -0.15) is 0 Å². The number of aryl methyl sites for hydroxylation is 1. The Labute approximate surface area is 190 Å². The summed E-state index contributed by atoms with van der Waals surface area (Å²) in [4.78, 5) is 43.7. The molecule has 2 aromatic rings. The van der Waals surface area contributed by atoms with Crippen LogP contribution in [0, 0.1) is 13.8 Å². The van der Waals surface area contributed by atoms with Gasteiger partial charge in [-0.15, -0.1) is 0 Å². The second-order valence-corrected chi connectivity index (χ2v) is 8.22. The minimum absolute atomic E-state index is 0.137. The molecule has 2 saturated heterocycles. The van der Waals surface area contributed by atoms with E-state index in [-0.39, 0.29) is 16.8 Å². The summed E-state index contributed by atoms with van der Waals surface area (Å²) in [5.74, 6) is -2.46. The molecule has 2 fully saturated rings. The van der Waals surface area contributed by atoms with Crippen molar-refractivity contribution in [3.8, 4) is 0 Å². The maximum atomic E-state index is 13.7. The number of methoxy groups -OCH3 is 1. The molecule has 2 N–H and O–H groups in total. The zero-order chi connectivity index (χ0) is 23.7. The number of ketones is 1. The summed E-state index contributed by atoms with van der Waals surface area (Å²) in [6.07, 6.45) is 1.44. The fraction of sp³-hybridized carbons (Fsp3) is 0.435. The van der Waals surface area contributed by atoms with Crippen LogP contribution in [0.1, 0.15) is 39.1 Å². The van der Waals surface area contributed by atoms with E-state index in [9.17, 15) is 19.5 Å². The first-order valence-corrected chi connectivity index (χ1v) is 10.8. The SMILES string of the molecule is COC(=O)c1[nH]c(C)c(C([O-])=C2C(=O)C(=O)N(CC[NH+]3CCOCC3)C2c2ccco2)c1C. The molecule has 2 aliphatic rings. The number of quaternary nitrogens is 1. The second kappa shape index (κ2) is 9.24. The second-order valence-electron chi connectivity index (χ2n) is 8.22. The van der Waals surface area contributed by atoms with Gasteiger partial charge in [0.2, 0.25) is 5.78 Å². The van der Waals surface area contributed by atoms with Gasteiger partial charge in [0.25, 0.3) is 5.91 Å². The number of hydrogen-bond acceptors (Lipinski definition) is 7. The summed E-state index contributed by atoms with van der Waals surface area (Å²) in [5.41, 5.74) is 0.932. The lowest BCUT2D eigenvalue weighted by Crippen LogP contribution is -3.14. The Morgan fingerprint density at radius 2 is 2.03 bits per heavy atom. The van der Waals surface area contributed by atoms with E-state index in [0.717, 1.165) is 13.1 Å². The Bertz CT molecular complexity index is 1090. The predicted octanol–water partition coefficient (Wildman–Crippen LogP) is -0.850. The normalized spacial score (nSPS) is 21.1. The van der Waals surface area contributed by atoms with Gasteiger partial charge in [0.05, 0.1) is 39.7 Å². The Kier molecular flexibility index (Phi) is 6.39. The van der Waals surface area contributed by atoms with Crippen molar-refractivity contribution in [1.82, 2.24) is 9.88 Å². The number of rotatable bonds is 6. The number of carbonyl (C=O) groups is 3. The van der Waals surface area contributed by atoms with Crippen LogP contribution in [0.2, 0.25) is 0 Å². The third kappa shape index (κ3) is 4.07. The predicted molar refractivity (Wildman–Crippen MR) is 113 cm³/mol. The van der Waals surface area contributed by atoms with Crippen LogP contribution >= 0.6 is 0 Å². The van der Waals surface area contributed by atoms with Crippen LogP contribution in [0.15, 0.2) is 28.4 Å². The molecule has 4 heterocycles. The molecule has 0 radical (unpaired) electrons. The third-order valence-electron chi connectivity index (χ3n) is 6.30. The van der Waals surface area contributed by atoms with Crippen molar-refractivity contribution in [3.63, 3.8) is 0 Å². The van der Waals surface area contributed by atoms with Gasteiger partial charge in [0.15, 0.2) is 0 Å². The van der Waals surface area contributed by atoms with Crippen LogP contribution in [0.25, 0.3) is 5.76 Å². The largest absolute Gasteiger partial charge is 0.872 e. The summed E-state index contributed by atoms with van der Waals surface area (Å²) in [7, 11) is 1.24. The van der Waals surface area contributed by atoms with Crippen molar-refractivity contribution in [2.24, 2.45) is 0 Å². The average molecular weight is 457 g/mol.